The molecule has 0 aromatic carbocycles. The molecule has 0 atom stereocenters. The summed E-state index contributed by atoms with van der Waals surface area (Å²) in [6.07, 6.45) is 3.38. The fourth-order valence-electron chi connectivity index (χ4n) is 0.478. The Morgan fingerprint density at radius 2 is 2.00 bits per heavy atom. The van der Waals surface area contributed by atoms with E-state index >= 15 is 0 Å². The van der Waals surface area contributed by atoms with Crippen molar-refractivity contribution in [3.63, 3.8) is 0 Å². The summed E-state index contributed by atoms with van der Waals surface area (Å²) in [5.41, 5.74) is 5.26. The Balaban J connectivity index is 2.53. The summed E-state index contributed by atoms with van der Waals surface area (Å²) in [5.74, 6) is 0. The number of rotatable bonds is 5. The van der Waals surface area contributed by atoms with E-state index in [9.17, 15) is 0 Å². The Hall–Kier alpha value is 0.400. The van der Waals surface area contributed by atoms with Crippen LogP contribution in [-0.4, -0.2) is 13.2 Å². The molecular weight excluding hydrogens is 170 g/mol. The lowest BCUT2D eigenvalue weighted by Gasteiger charge is -1.93. The van der Waals surface area contributed by atoms with Gasteiger partial charge in [0.15, 0.2) is 0 Å². The summed E-state index contributed by atoms with van der Waals surface area (Å²) < 4.78 is 4.66. The molecule has 0 radical (unpaired) electrons. The Morgan fingerprint density at radius 1 is 1.25 bits per heavy atom. The van der Waals surface area contributed by atoms with Crippen molar-refractivity contribution >= 4 is 16.3 Å². The molecule has 0 rings (SSSR count). The van der Waals surface area contributed by atoms with Crippen molar-refractivity contribution in [2.45, 2.75) is 19.3 Å². The molecule has 0 heterocycles. The van der Waals surface area contributed by atoms with Gasteiger partial charge in [-0.15, -0.1) is 0 Å². The van der Waals surface area contributed by atoms with Crippen LogP contribution in [0.5, 0.6) is 0 Å². The van der Waals surface area contributed by atoms with Gasteiger partial charge in [-0.2, -0.15) is 0 Å². The zero-order chi connectivity index (χ0) is 6.24. The molecule has 0 aliphatic rings. The van der Waals surface area contributed by atoms with E-state index in [1.807, 2.05) is 0 Å². The highest BCUT2D eigenvalue weighted by molar-refractivity contribution is 9.06. The van der Waals surface area contributed by atoms with Gasteiger partial charge in [0, 0.05) is 0 Å². The molecule has 0 saturated carbocycles. The number of hydrogen-bond donors (Lipinski definition) is 1. The van der Waals surface area contributed by atoms with E-state index in [1.54, 1.807) is 0 Å². The number of nitrogens with two attached hydrogens (primary N) is 1. The predicted molar refractivity (Wildman–Crippen MR) is 37.8 cm³/mol. The van der Waals surface area contributed by atoms with Gasteiger partial charge in [-0.1, -0.05) is 0 Å². The molecule has 2 nitrogen and oxygen atoms in total. The monoisotopic (exact) mass is 181 g/mol. The van der Waals surface area contributed by atoms with Crippen molar-refractivity contribution in [1.29, 1.82) is 0 Å². The minimum atomic E-state index is 0.792. The van der Waals surface area contributed by atoms with Crippen LogP contribution < -0.4 is 5.73 Å². The Kier molecular flexibility index (Phi) is 7.77. The maximum Gasteiger partial charge on any atom is 0.0987 e. The van der Waals surface area contributed by atoms with Gasteiger partial charge in [0.1, 0.15) is 0 Å². The Labute approximate surface area is 58.8 Å². The zero-order valence-corrected chi connectivity index (χ0v) is 6.49. The van der Waals surface area contributed by atoms with E-state index in [-0.39, 0.29) is 0 Å². The first-order valence-corrected chi connectivity index (χ1v) is 3.50. The van der Waals surface area contributed by atoms with Gasteiger partial charge in [-0.05, 0) is 25.8 Å². The van der Waals surface area contributed by atoms with E-state index in [4.69, 9.17) is 5.73 Å². The molecule has 0 saturated heterocycles. The Morgan fingerprint density at radius 3 is 2.50 bits per heavy atom. The van der Waals surface area contributed by atoms with Gasteiger partial charge in [-0.3, -0.25) is 0 Å². The standard InChI is InChI=1S/C5H12BrNO/c6-8-5-3-1-2-4-7/h1-5,7H2. The minimum absolute atomic E-state index is 0.792. The number of unbranched alkanes of at least 4 members (excludes halogenated alkanes) is 2. The molecule has 3 heteroatoms. The van der Waals surface area contributed by atoms with Crippen molar-refractivity contribution in [2.75, 3.05) is 13.2 Å². The van der Waals surface area contributed by atoms with E-state index in [0.29, 0.717) is 0 Å². The molecule has 0 fully saturated rings. The van der Waals surface area contributed by atoms with Gasteiger partial charge in [0.25, 0.3) is 0 Å². The number of hydrogen-bond acceptors (Lipinski definition) is 2. The lowest BCUT2D eigenvalue weighted by Crippen LogP contribution is -1.98. The van der Waals surface area contributed by atoms with Crippen LogP contribution in [0.25, 0.3) is 0 Å². The summed E-state index contributed by atoms with van der Waals surface area (Å²) in [6.45, 7) is 1.59. The highest BCUT2D eigenvalue weighted by atomic mass is 79.9. The first-order valence-electron chi connectivity index (χ1n) is 2.85. The van der Waals surface area contributed by atoms with Crippen LogP contribution in [0.15, 0.2) is 0 Å². The lowest BCUT2D eigenvalue weighted by atomic mass is 10.2. The predicted octanol–water partition coefficient (Wildman–Crippen LogP) is 1.44. The Bertz CT molecular complexity index is 37.4. The van der Waals surface area contributed by atoms with Gasteiger partial charge in [-0.25, -0.2) is 0 Å². The average molecular weight is 182 g/mol. The first kappa shape index (κ1) is 8.40. The van der Waals surface area contributed by atoms with Gasteiger partial charge < -0.3 is 9.56 Å². The SMILES string of the molecule is NCCCCCOBr. The molecule has 0 aromatic rings. The zero-order valence-electron chi connectivity index (χ0n) is 4.90. The molecule has 8 heavy (non-hydrogen) atoms. The van der Waals surface area contributed by atoms with Crippen molar-refractivity contribution in [1.82, 2.24) is 0 Å². The number of halogens is 1. The average Bonchev–Trinajstić information content (AvgIpc) is 1.81. The van der Waals surface area contributed by atoms with Crippen molar-refractivity contribution in [3.8, 4) is 0 Å². The smallest absolute Gasteiger partial charge is 0.0987 e. The van der Waals surface area contributed by atoms with E-state index in [0.717, 1.165) is 26.0 Å². The molecule has 2 N–H and O–H groups in total. The van der Waals surface area contributed by atoms with Crippen LogP contribution in [0, 0.1) is 0 Å². The molecule has 0 unspecified atom stereocenters. The van der Waals surface area contributed by atoms with Crippen LogP contribution in [0.1, 0.15) is 19.3 Å². The molecule has 0 bridgehead atoms. The van der Waals surface area contributed by atoms with Crippen molar-refractivity contribution in [2.24, 2.45) is 5.73 Å². The first-order chi connectivity index (χ1) is 3.91. The van der Waals surface area contributed by atoms with Gasteiger partial charge in [0.2, 0.25) is 0 Å². The summed E-state index contributed by atoms with van der Waals surface area (Å²) >= 11 is 2.87. The summed E-state index contributed by atoms with van der Waals surface area (Å²) in [5, 5.41) is 0. The summed E-state index contributed by atoms with van der Waals surface area (Å²) in [4.78, 5) is 0. The molecular formula is C5H12BrNO. The fourth-order valence-corrected chi connectivity index (χ4v) is 0.707. The third-order valence-corrected chi connectivity index (χ3v) is 1.25. The maximum atomic E-state index is 5.26. The highest BCUT2D eigenvalue weighted by Crippen LogP contribution is 1.95. The van der Waals surface area contributed by atoms with Crippen LogP contribution in [0.3, 0.4) is 0 Å². The third-order valence-electron chi connectivity index (χ3n) is 0.926. The van der Waals surface area contributed by atoms with Crippen LogP contribution in [0.2, 0.25) is 0 Å². The lowest BCUT2D eigenvalue weighted by molar-refractivity contribution is 0.377. The van der Waals surface area contributed by atoms with Gasteiger partial charge in [0.05, 0.1) is 22.9 Å². The minimum Gasteiger partial charge on any atom is -0.330 e. The van der Waals surface area contributed by atoms with Crippen LogP contribution in [-0.2, 0) is 3.83 Å². The maximum absolute atomic E-state index is 5.26. The molecule has 0 aliphatic heterocycles. The third kappa shape index (κ3) is 6.40. The molecule has 50 valence electrons. The normalized spacial score (nSPS) is 9.75. The fraction of sp³-hybridized carbons (Fsp3) is 1.00. The van der Waals surface area contributed by atoms with Crippen LogP contribution >= 0.6 is 16.3 Å². The highest BCUT2D eigenvalue weighted by Gasteiger charge is 1.84. The van der Waals surface area contributed by atoms with E-state index in [2.05, 4.69) is 20.1 Å². The van der Waals surface area contributed by atoms with Gasteiger partial charge >= 0.3 is 0 Å². The van der Waals surface area contributed by atoms with E-state index in [1.165, 1.54) is 6.42 Å². The molecule has 0 aliphatic carbocycles. The second-order valence-corrected chi connectivity index (χ2v) is 2.12. The topological polar surface area (TPSA) is 35.2 Å². The summed E-state index contributed by atoms with van der Waals surface area (Å²) in [6, 6.07) is 0. The van der Waals surface area contributed by atoms with E-state index < -0.39 is 0 Å². The quantitative estimate of drug-likeness (QED) is 0.653. The largest absolute Gasteiger partial charge is 0.330 e. The van der Waals surface area contributed by atoms with Crippen molar-refractivity contribution < 1.29 is 3.83 Å². The van der Waals surface area contributed by atoms with Crippen LogP contribution in [0.4, 0.5) is 0 Å². The summed E-state index contributed by atoms with van der Waals surface area (Å²) in [7, 11) is 0. The molecule has 0 aromatic heterocycles. The van der Waals surface area contributed by atoms with Crippen molar-refractivity contribution in [3.05, 3.63) is 0 Å². The second-order valence-electron chi connectivity index (χ2n) is 1.66. The molecule has 0 spiro atoms. The second kappa shape index (κ2) is 7.40. The molecule has 0 amide bonds.